The Kier molecular flexibility index (Phi) is 7.92. The Morgan fingerprint density at radius 2 is 1.83 bits per heavy atom. The lowest BCUT2D eigenvalue weighted by Gasteiger charge is -2.11. The van der Waals surface area contributed by atoms with Crippen molar-refractivity contribution in [3.05, 3.63) is 83.3 Å². The second-order valence-corrected chi connectivity index (χ2v) is 6.85. The molecule has 0 atom stereocenters. The molecule has 0 bridgehead atoms. The van der Waals surface area contributed by atoms with Crippen LogP contribution in [-0.4, -0.2) is 20.1 Å². The molecule has 0 aliphatic heterocycles. The van der Waals surface area contributed by atoms with E-state index < -0.39 is 0 Å². The molecule has 6 heteroatoms. The van der Waals surface area contributed by atoms with Gasteiger partial charge in [-0.15, -0.1) is 0 Å². The Labute approximate surface area is 176 Å². The van der Waals surface area contributed by atoms with Crippen LogP contribution in [0.3, 0.4) is 0 Å². The number of furan rings is 1. The Bertz CT molecular complexity index is 937. The fourth-order valence-corrected chi connectivity index (χ4v) is 3.11. The molecule has 0 spiro atoms. The summed E-state index contributed by atoms with van der Waals surface area (Å²) in [6, 6.07) is 17.3. The first-order valence-corrected chi connectivity index (χ1v) is 9.83. The largest absolute Gasteiger partial charge is 0.497 e. The molecule has 1 heterocycles. The molecule has 3 aromatic rings. The number of benzene rings is 2. The van der Waals surface area contributed by atoms with Crippen molar-refractivity contribution in [2.45, 2.75) is 32.6 Å². The topological polar surface area (TPSA) is 69.9 Å². The van der Waals surface area contributed by atoms with E-state index in [-0.39, 0.29) is 5.91 Å². The predicted molar refractivity (Wildman–Crippen MR) is 113 cm³/mol. The second-order valence-electron chi connectivity index (χ2n) is 6.85. The molecule has 0 aliphatic rings. The molecule has 0 saturated carbocycles. The van der Waals surface area contributed by atoms with Gasteiger partial charge >= 0.3 is 0 Å². The van der Waals surface area contributed by atoms with Gasteiger partial charge in [0.1, 0.15) is 23.9 Å². The quantitative estimate of drug-likeness (QED) is 0.512. The lowest BCUT2D eigenvalue weighted by Crippen LogP contribution is -2.23. The molecule has 6 nitrogen and oxygen atoms in total. The van der Waals surface area contributed by atoms with Crippen LogP contribution >= 0.6 is 0 Å². The fraction of sp³-hybridized carbons (Fsp3) is 0.292. The number of carbonyl (C=O) groups is 1. The minimum absolute atomic E-state index is 0.0145. The van der Waals surface area contributed by atoms with Crippen LogP contribution in [0.25, 0.3) is 0 Å². The Hall–Kier alpha value is -3.25. The highest BCUT2D eigenvalue weighted by Gasteiger charge is 2.09. The van der Waals surface area contributed by atoms with Crippen molar-refractivity contribution in [3.63, 3.8) is 0 Å². The van der Waals surface area contributed by atoms with Gasteiger partial charge in [-0.25, -0.2) is 0 Å². The fourth-order valence-electron chi connectivity index (χ4n) is 3.11. The molecule has 1 amide bonds. The van der Waals surface area contributed by atoms with E-state index in [2.05, 4.69) is 5.32 Å². The van der Waals surface area contributed by atoms with Crippen molar-refractivity contribution < 1.29 is 23.4 Å². The van der Waals surface area contributed by atoms with Gasteiger partial charge in [-0.1, -0.05) is 24.3 Å². The van der Waals surface area contributed by atoms with Gasteiger partial charge in [0, 0.05) is 13.0 Å². The van der Waals surface area contributed by atoms with Crippen LogP contribution in [0.5, 0.6) is 11.5 Å². The number of hydrogen-bond acceptors (Lipinski definition) is 5. The highest BCUT2D eigenvalue weighted by molar-refractivity contribution is 5.76. The highest BCUT2D eigenvalue weighted by atomic mass is 16.5. The molecule has 2 aromatic carbocycles. The Balaban J connectivity index is 1.45. The maximum Gasteiger partial charge on any atom is 0.220 e. The molecule has 1 aromatic heterocycles. The minimum Gasteiger partial charge on any atom is -0.497 e. The zero-order valence-corrected chi connectivity index (χ0v) is 17.4. The second kappa shape index (κ2) is 11.1. The van der Waals surface area contributed by atoms with Gasteiger partial charge in [0.2, 0.25) is 5.91 Å². The van der Waals surface area contributed by atoms with Crippen LogP contribution in [-0.2, 0) is 35.7 Å². The summed E-state index contributed by atoms with van der Waals surface area (Å²) in [5.74, 6) is 2.29. The molecule has 3 rings (SSSR count). The molecular formula is C24H27NO5. The zero-order chi connectivity index (χ0) is 21.2. The molecule has 0 radical (unpaired) electrons. The summed E-state index contributed by atoms with van der Waals surface area (Å²) in [6.45, 7) is 1.39. The van der Waals surface area contributed by atoms with Crippen LogP contribution in [0, 0.1) is 0 Å². The van der Waals surface area contributed by atoms with Gasteiger partial charge in [-0.3, -0.25) is 4.79 Å². The zero-order valence-electron chi connectivity index (χ0n) is 17.4. The minimum atomic E-state index is -0.0145. The summed E-state index contributed by atoms with van der Waals surface area (Å²) < 4.78 is 21.6. The Morgan fingerprint density at radius 1 is 0.967 bits per heavy atom. The van der Waals surface area contributed by atoms with Gasteiger partial charge in [0.25, 0.3) is 0 Å². The smallest absolute Gasteiger partial charge is 0.220 e. The van der Waals surface area contributed by atoms with Crippen molar-refractivity contribution in [1.82, 2.24) is 5.32 Å². The average Bonchev–Trinajstić information content (AvgIpc) is 3.30. The van der Waals surface area contributed by atoms with E-state index in [0.29, 0.717) is 32.6 Å². The lowest BCUT2D eigenvalue weighted by atomic mass is 10.1. The van der Waals surface area contributed by atoms with E-state index in [0.717, 1.165) is 33.9 Å². The van der Waals surface area contributed by atoms with Crippen LogP contribution < -0.4 is 14.8 Å². The van der Waals surface area contributed by atoms with Crippen molar-refractivity contribution in [1.29, 1.82) is 0 Å². The first-order valence-electron chi connectivity index (χ1n) is 9.83. The number of nitrogens with one attached hydrogen (secondary N) is 1. The molecular weight excluding hydrogens is 382 g/mol. The summed E-state index contributed by atoms with van der Waals surface area (Å²) in [5.41, 5.74) is 3.03. The summed E-state index contributed by atoms with van der Waals surface area (Å²) in [4.78, 5) is 12.3. The monoisotopic (exact) mass is 409 g/mol. The van der Waals surface area contributed by atoms with Gasteiger partial charge in [-0.05, 0) is 53.4 Å². The van der Waals surface area contributed by atoms with Crippen molar-refractivity contribution in [2.24, 2.45) is 0 Å². The van der Waals surface area contributed by atoms with E-state index in [1.165, 1.54) is 0 Å². The summed E-state index contributed by atoms with van der Waals surface area (Å²) >= 11 is 0. The van der Waals surface area contributed by atoms with Crippen molar-refractivity contribution in [2.75, 3.05) is 14.2 Å². The maximum absolute atomic E-state index is 12.3. The number of amides is 1. The van der Waals surface area contributed by atoms with Crippen LogP contribution in [0.15, 0.2) is 65.3 Å². The van der Waals surface area contributed by atoms with Crippen LogP contribution in [0.1, 0.15) is 28.9 Å². The summed E-state index contributed by atoms with van der Waals surface area (Å²) in [6.07, 6.45) is 2.58. The van der Waals surface area contributed by atoms with E-state index in [1.807, 2.05) is 54.6 Å². The van der Waals surface area contributed by atoms with Crippen LogP contribution in [0.2, 0.25) is 0 Å². The Morgan fingerprint density at radius 3 is 2.60 bits per heavy atom. The molecule has 30 heavy (non-hydrogen) atoms. The van der Waals surface area contributed by atoms with E-state index in [4.69, 9.17) is 18.6 Å². The molecule has 0 unspecified atom stereocenters. The van der Waals surface area contributed by atoms with Crippen molar-refractivity contribution in [3.8, 4) is 11.5 Å². The maximum atomic E-state index is 12.3. The molecule has 0 fully saturated rings. The summed E-state index contributed by atoms with van der Waals surface area (Å²) in [5, 5.41) is 2.97. The number of ether oxygens (including phenoxy) is 3. The number of aryl methyl sites for hydroxylation is 1. The molecule has 0 aliphatic carbocycles. The highest BCUT2D eigenvalue weighted by Crippen LogP contribution is 2.25. The third-order valence-corrected chi connectivity index (χ3v) is 4.68. The van der Waals surface area contributed by atoms with Gasteiger partial charge in [0.15, 0.2) is 0 Å². The predicted octanol–water partition coefficient (Wildman–Crippen LogP) is 4.26. The average molecular weight is 409 g/mol. The molecule has 158 valence electrons. The molecule has 0 saturated heterocycles. The third-order valence-electron chi connectivity index (χ3n) is 4.68. The van der Waals surface area contributed by atoms with E-state index in [9.17, 15) is 4.79 Å². The van der Waals surface area contributed by atoms with Gasteiger partial charge in [0.05, 0.1) is 27.1 Å². The number of rotatable bonds is 11. The van der Waals surface area contributed by atoms with Crippen LogP contribution in [0.4, 0.5) is 0 Å². The standard InChI is InChI=1S/C24H27NO5/c1-27-21-9-10-23(28-2)20(14-21)8-11-24(26)25-15-18-5-3-6-19(13-18)16-29-17-22-7-4-12-30-22/h3-7,9-10,12-14H,8,11,15-17H2,1-2H3,(H,25,26). The van der Waals surface area contributed by atoms with E-state index >= 15 is 0 Å². The third kappa shape index (κ3) is 6.39. The van der Waals surface area contributed by atoms with Gasteiger partial charge in [-0.2, -0.15) is 0 Å². The number of carbonyl (C=O) groups excluding carboxylic acids is 1. The van der Waals surface area contributed by atoms with Gasteiger partial charge < -0.3 is 23.9 Å². The first-order chi connectivity index (χ1) is 14.7. The number of methoxy groups -OCH3 is 2. The number of hydrogen-bond donors (Lipinski definition) is 1. The normalized spacial score (nSPS) is 10.6. The SMILES string of the molecule is COc1ccc(OC)c(CCC(=O)NCc2cccc(COCc3ccco3)c2)c1. The van der Waals surface area contributed by atoms with Crippen molar-refractivity contribution >= 4 is 5.91 Å². The summed E-state index contributed by atoms with van der Waals surface area (Å²) in [7, 11) is 3.24. The first kappa shape index (κ1) is 21.5. The van der Waals surface area contributed by atoms with E-state index in [1.54, 1.807) is 20.5 Å². The molecule has 1 N–H and O–H groups in total. The lowest BCUT2D eigenvalue weighted by molar-refractivity contribution is -0.121.